The summed E-state index contributed by atoms with van der Waals surface area (Å²) in [5, 5.41) is 31.8. The van der Waals surface area contributed by atoms with Gasteiger partial charge in [0.15, 0.2) is 5.82 Å². The summed E-state index contributed by atoms with van der Waals surface area (Å²) in [7, 11) is 15.3. The molecule has 0 saturated carbocycles. The average molecular weight is 1280 g/mol. The van der Waals surface area contributed by atoms with Gasteiger partial charge in [-0.1, -0.05) is 0 Å². The molecule has 0 radical (unpaired) electrons. The number of carbonyl (C=O) groups is 11. The van der Waals surface area contributed by atoms with Crippen LogP contribution in [0.2, 0.25) is 0 Å². The Bertz CT molecular complexity index is 4160. The molecule has 8 aromatic heterocycles. The number of aromatic nitrogens is 8. The molecule has 92 heavy (non-hydrogen) atoms. The zero-order valence-electron chi connectivity index (χ0n) is 52.2. The maximum Gasteiger partial charge on any atom is 0.291 e. The molecule has 0 aromatic carbocycles. The van der Waals surface area contributed by atoms with Gasteiger partial charge in [0.2, 0.25) is 23.5 Å². The number of thiophene rings is 1. The van der Waals surface area contributed by atoms with E-state index in [0.717, 1.165) is 24.3 Å². The summed E-state index contributed by atoms with van der Waals surface area (Å²) >= 11 is 1.15. The first-order valence-corrected chi connectivity index (χ1v) is 29.6. The average Bonchev–Trinajstić information content (AvgIpc) is 1.78. The number of nitrogens with zero attached hydrogens (tertiary/aromatic N) is 9. The topological polar surface area (TPSA) is 371 Å². The van der Waals surface area contributed by atoms with Gasteiger partial charge in [-0.3, -0.25) is 52.7 Å². The first kappa shape index (κ1) is 66.7. The monoisotopic (exact) mass is 1280 g/mol. The van der Waals surface area contributed by atoms with E-state index in [2.05, 4.69) is 63.5 Å². The lowest BCUT2D eigenvalue weighted by Crippen LogP contribution is -2.32. The van der Waals surface area contributed by atoms with Gasteiger partial charge in [0, 0.05) is 132 Å². The lowest BCUT2D eigenvalue weighted by atomic mass is 10.3. The lowest BCUT2D eigenvalue weighted by Gasteiger charge is -2.10. The minimum atomic E-state index is -0.635. The molecule has 0 fully saturated rings. The summed E-state index contributed by atoms with van der Waals surface area (Å²) in [6.07, 6.45) is 11.9. The van der Waals surface area contributed by atoms with E-state index in [4.69, 9.17) is 0 Å². The number of nitrogens with one attached hydrogen (secondary N) is 11. The fourth-order valence-corrected chi connectivity index (χ4v) is 10.4. The molecule has 11 N–H and O–H groups in total. The van der Waals surface area contributed by atoms with Crippen molar-refractivity contribution < 1.29 is 52.7 Å². The minimum Gasteiger partial charge on any atom is -0.356 e. The van der Waals surface area contributed by atoms with Gasteiger partial charge < -0.3 is 95.4 Å². The summed E-state index contributed by atoms with van der Waals surface area (Å²) < 4.78 is 10.6. The molecule has 0 aliphatic rings. The Balaban J connectivity index is 0.747. The normalized spacial score (nSPS) is 11.0. The maximum absolute atomic E-state index is 13.5. The van der Waals surface area contributed by atoms with Gasteiger partial charge >= 0.3 is 0 Å². The number of amides is 11. The van der Waals surface area contributed by atoms with Crippen LogP contribution in [-0.2, 0) is 63.7 Å². The van der Waals surface area contributed by atoms with Gasteiger partial charge in [-0.25, -0.2) is 4.98 Å². The van der Waals surface area contributed by atoms with Crippen LogP contribution in [0.1, 0.15) is 116 Å². The Labute approximate surface area is 531 Å². The third-order valence-electron chi connectivity index (χ3n) is 14.1. The number of carbonyl (C=O) groups excluding carboxylic acids is 11. The Morgan fingerprint density at radius 3 is 1.21 bits per heavy atom. The van der Waals surface area contributed by atoms with Crippen molar-refractivity contribution in [2.75, 3.05) is 82.8 Å². The highest BCUT2D eigenvalue weighted by Gasteiger charge is 2.24. The summed E-state index contributed by atoms with van der Waals surface area (Å²) in [4.78, 5) is 150. The highest BCUT2D eigenvalue weighted by atomic mass is 32.1. The van der Waals surface area contributed by atoms with E-state index >= 15 is 0 Å². The second kappa shape index (κ2) is 29.4. The molecule has 32 heteroatoms. The van der Waals surface area contributed by atoms with E-state index in [9.17, 15) is 52.7 Å². The van der Waals surface area contributed by atoms with Crippen LogP contribution in [0.15, 0.2) is 91.2 Å². The van der Waals surface area contributed by atoms with E-state index in [0.29, 0.717) is 45.5 Å². The van der Waals surface area contributed by atoms with Crippen LogP contribution in [0.4, 0.5) is 45.6 Å². The van der Waals surface area contributed by atoms with Gasteiger partial charge in [-0.05, 0) is 81.3 Å². The zero-order valence-corrected chi connectivity index (χ0v) is 53.1. The van der Waals surface area contributed by atoms with Crippen molar-refractivity contribution >= 4 is 122 Å². The Morgan fingerprint density at radius 1 is 0.413 bits per heavy atom. The number of imidazole rings is 1. The van der Waals surface area contributed by atoms with Crippen molar-refractivity contribution in [3.63, 3.8) is 0 Å². The van der Waals surface area contributed by atoms with Gasteiger partial charge in [-0.2, -0.15) is 0 Å². The fourth-order valence-electron chi connectivity index (χ4n) is 9.66. The highest BCUT2D eigenvalue weighted by Crippen LogP contribution is 2.26. The van der Waals surface area contributed by atoms with Crippen LogP contribution >= 0.6 is 11.3 Å². The van der Waals surface area contributed by atoms with Crippen LogP contribution < -0.4 is 58.5 Å². The molecule has 0 saturated heterocycles. The number of anilines is 8. The van der Waals surface area contributed by atoms with Crippen molar-refractivity contribution in [1.29, 1.82) is 0 Å². The van der Waals surface area contributed by atoms with Gasteiger partial charge in [-0.15, -0.1) is 11.3 Å². The zero-order chi connectivity index (χ0) is 66.7. The Morgan fingerprint density at radius 2 is 0.793 bits per heavy atom. The summed E-state index contributed by atoms with van der Waals surface area (Å²) in [5.41, 5.74) is 3.52. The SMILES string of the molecule is CC(=O)Nc1ccsc1C(=O)Nc1cc(C(=O)Nc2cc(C(=O)Nc3cc(C(=O)NCCCC(=O)Nc4cn(C)c(C(=O)Nc5cc(C(=O)Nc6cc(C(=O)Nc7cc(C(=O)NCCC(=O)NCCCN(C)C)n(C)c7)n(C)c6)n(C)c5)n4)n(C)c3)n(C)c2)n(C)c1. The van der Waals surface area contributed by atoms with E-state index < -0.39 is 53.2 Å². The largest absolute Gasteiger partial charge is 0.356 e. The molecule has 0 unspecified atom stereocenters. The molecule has 0 atom stereocenters. The van der Waals surface area contributed by atoms with Crippen molar-refractivity contribution in [2.24, 2.45) is 49.3 Å². The fraction of sp³-hybridized carbons (Fsp3) is 0.300. The van der Waals surface area contributed by atoms with Crippen LogP contribution in [0.3, 0.4) is 0 Å². The summed E-state index contributed by atoms with van der Waals surface area (Å²) in [5.74, 6) is -4.95. The third kappa shape index (κ3) is 17.1. The lowest BCUT2D eigenvalue weighted by molar-refractivity contribution is -0.121. The summed E-state index contributed by atoms with van der Waals surface area (Å²) in [6, 6.07) is 10.5. The van der Waals surface area contributed by atoms with Crippen LogP contribution in [0.25, 0.3) is 0 Å². The summed E-state index contributed by atoms with van der Waals surface area (Å²) in [6.45, 7) is 2.97. The van der Waals surface area contributed by atoms with Gasteiger partial charge in [0.1, 0.15) is 39.0 Å². The first-order valence-electron chi connectivity index (χ1n) is 28.7. The molecular formula is C60H72N20O11S. The molecule has 8 aromatic rings. The Kier molecular flexibility index (Phi) is 21.3. The van der Waals surface area contributed by atoms with E-state index in [1.165, 1.54) is 83.1 Å². The van der Waals surface area contributed by atoms with Crippen molar-refractivity contribution in [3.05, 3.63) is 136 Å². The molecule has 0 aliphatic heterocycles. The minimum absolute atomic E-state index is 0.0134. The van der Waals surface area contributed by atoms with Crippen LogP contribution in [0, 0.1) is 0 Å². The quantitative estimate of drug-likeness (QED) is 0.0320. The predicted octanol–water partition coefficient (Wildman–Crippen LogP) is 4.32. The second-order valence-corrected chi connectivity index (χ2v) is 22.8. The molecule has 0 spiro atoms. The molecule has 11 amide bonds. The molecule has 484 valence electrons. The smallest absolute Gasteiger partial charge is 0.291 e. The van der Waals surface area contributed by atoms with E-state index in [1.54, 1.807) is 96.3 Å². The Hall–Kier alpha value is -11.3. The number of hydrogen-bond donors (Lipinski definition) is 11. The number of hydrogen-bond acceptors (Lipinski definition) is 14. The van der Waals surface area contributed by atoms with Crippen LogP contribution in [-0.4, -0.2) is 147 Å². The van der Waals surface area contributed by atoms with Crippen molar-refractivity contribution in [2.45, 2.75) is 32.6 Å². The second-order valence-electron chi connectivity index (χ2n) is 21.9. The van der Waals surface area contributed by atoms with Crippen molar-refractivity contribution in [3.8, 4) is 0 Å². The highest BCUT2D eigenvalue weighted by molar-refractivity contribution is 7.12. The molecule has 0 aliphatic carbocycles. The van der Waals surface area contributed by atoms with Gasteiger partial charge in [0.05, 0.1) is 39.8 Å². The molecule has 8 heterocycles. The standard InChI is InChI=1S/C60H72N20O11S/c1-34(81)64-41-15-20-92-51(41)59(90)69-39-25-46(78(8)31-39)57(88)67-37-23-44(76(6)29-37)55(86)65-35-21-42(74(4)27-35)53(84)62-16-11-13-50(83)71-48-33-80(10)52(72-48)60(91)70-40-26-47(79(9)32-40)58(89)68-38-24-45(77(7)30-38)56(87)66-36-22-43(75(5)28-36)54(85)63-18-14-49(82)61-17-12-19-73(2)3/h15,20-33H,11-14,16-19H2,1-10H3,(H,61,82)(H,62,84)(H,63,85)(H,64,81)(H,65,86)(H,66,87)(H,67,88)(H,68,89)(H,69,90)(H,70,91)(H,71,83). The number of aryl methyl sites for hydroxylation is 7. The van der Waals surface area contributed by atoms with Crippen LogP contribution in [0.5, 0.6) is 0 Å². The molecule has 8 rings (SSSR count). The molecule has 31 nitrogen and oxygen atoms in total. The first-order chi connectivity index (χ1) is 43.7. The predicted molar refractivity (Wildman–Crippen MR) is 345 cm³/mol. The molecule has 0 bridgehead atoms. The maximum atomic E-state index is 13.5. The van der Waals surface area contributed by atoms with E-state index in [1.807, 2.05) is 19.0 Å². The van der Waals surface area contributed by atoms with E-state index in [-0.39, 0.29) is 95.7 Å². The number of rotatable bonds is 27. The molecular weight excluding hydrogens is 1210 g/mol. The van der Waals surface area contributed by atoms with Crippen molar-refractivity contribution in [1.82, 2.24) is 57.8 Å². The third-order valence-corrected chi connectivity index (χ3v) is 15.0. The van der Waals surface area contributed by atoms with Gasteiger partial charge in [0.25, 0.3) is 47.3 Å².